The lowest BCUT2D eigenvalue weighted by atomic mass is 10.1. The zero-order valence-electron chi connectivity index (χ0n) is 10.3. The average Bonchev–Trinajstić information content (AvgIpc) is 2.32. The monoisotopic (exact) mass is 306 g/mol. The van der Waals surface area contributed by atoms with Crippen LogP contribution in [0.4, 0.5) is 5.69 Å². The van der Waals surface area contributed by atoms with Crippen molar-refractivity contribution in [2.45, 2.75) is 19.4 Å². The maximum atomic E-state index is 12.0. The summed E-state index contributed by atoms with van der Waals surface area (Å²) in [6.07, 6.45) is 2.96. The van der Waals surface area contributed by atoms with Crippen LogP contribution in [0.15, 0.2) is 12.1 Å². The Morgan fingerprint density at radius 3 is 2.72 bits per heavy atom. The van der Waals surface area contributed by atoms with E-state index in [2.05, 4.69) is 5.32 Å². The summed E-state index contributed by atoms with van der Waals surface area (Å²) < 4.78 is 0. The first-order chi connectivity index (χ1) is 8.45. The standard InChI is InChI=1S/C12H16Cl2N2OS/c1-7(3-4-18-2)16-12(17)8-5-9(13)11(14)10(15)6-8/h5-7H,3-4,15H2,1-2H3,(H,16,17). The smallest absolute Gasteiger partial charge is 0.251 e. The quantitative estimate of drug-likeness (QED) is 0.819. The van der Waals surface area contributed by atoms with Crippen molar-refractivity contribution in [3.63, 3.8) is 0 Å². The Morgan fingerprint density at radius 2 is 2.17 bits per heavy atom. The van der Waals surface area contributed by atoms with Crippen LogP contribution in [0.25, 0.3) is 0 Å². The van der Waals surface area contributed by atoms with Crippen LogP contribution < -0.4 is 11.1 Å². The number of halogens is 2. The van der Waals surface area contributed by atoms with Gasteiger partial charge in [-0.15, -0.1) is 0 Å². The van der Waals surface area contributed by atoms with Gasteiger partial charge in [0.05, 0.1) is 15.7 Å². The first kappa shape index (κ1) is 15.5. The number of nitrogens with one attached hydrogen (secondary N) is 1. The highest BCUT2D eigenvalue weighted by molar-refractivity contribution is 7.98. The molecule has 1 amide bonds. The second-order valence-corrected chi connectivity index (χ2v) is 5.79. The number of amides is 1. The molecule has 1 aromatic carbocycles. The molecule has 6 heteroatoms. The van der Waals surface area contributed by atoms with Gasteiger partial charge in [0.25, 0.3) is 5.91 Å². The van der Waals surface area contributed by atoms with E-state index in [-0.39, 0.29) is 17.0 Å². The number of nitrogen functional groups attached to an aromatic ring is 1. The van der Waals surface area contributed by atoms with Crippen LogP contribution in [-0.4, -0.2) is 24.0 Å². The summed E-state index contributed by atoms with van der Waals surface area (Å²) in [5, 5.41) is 3.47. The van der Waals surface area contributed by atoms with Crippen molar-refractivity contribution < 1.29 is 4.79 Å². The fourth-order valence-corrected chi connectivity index (χ4v) is 2.34. The Labute approximate surface area is 121 Å². The predicted molar refractivity (Wildman–Crippen MR) is 80.8 cm³/mol. The number of hydrogen-bond donors (Lipinski definition) is 2. The number of anilines is 1. The van der Waals surface area contributed by atoms with Crippen LogP contribution in [0.1, 0.15) is 23.7 Å². The second kappa shape index (κ2) is 7.12. The molecule has 3 nitrogen and oxygen atoms in total. The van der Waals surface area contributed by atoms with Crippen molar-refractivity contribution in [1.82, 2.24) is 5.32 Å². The van der Waals surface area contributed by atoms with Crippen molar-refractivity contribution in [1.29, 1.82) is 0 Å². The van der Waals surface area contributed by atoms with E-state index in [0.717, 1.165) is 12.2 Å². The largest absolute Gasteiger partial charge is 0.397 e. The zero-order chi connectivity index (χ0) is 13.7. The van der Waals surface area contributed by atoms with Crippen LogP contribution in [0.3, 0.4) is 0 Å². The number of hydrogen-bond acceptors (Lipinski definition) is 3. The Kier molecular flexibility index (Phi) is 6.12. The molecule has 100 valence electrons. The lowest BCUT2D eigenvalue weighted by molar-refractivity contribution is 0.0939. The molecule has 0 radical (unpaired) electrons. The highest BCUT2D eigenvalue weighted by atomic mass is 35.5. The minimum atomic E-state index is -0.186. The van der Waals surface area contributed by atoms with Crippen molar-refractivity contribution in [3.05, 3.63) is 27.7 Å². The molecule has 1 atom stereocenters. The van der Waals surface area contributed by atoms with Crippen LogP contribution in [0, 0.1) is 0 Å². The van der Waals surface area contributed by atoms with Gasteiger partial charge in [0.1, 0.15) is 0 Å². The highest BCUT2D eigenvalue weighted by Crippen LogP contribution is 2.29. The summed E-state index contributed by atoms with van der Waals surface area (Å²) in [4.78, 5) is 12.0. The zero-order valence-corrected chi connectivity index (χ0v) is 12.6. The van der Waals surface area contributed by atoms with E-state index in [9.17, 15) is 4.79 Å². The van der Waals surface area contributed by atoms with Gasteiger partial charge in [0.2, 0.25) is 0 Å². The third kappa shape index (κ3) is 4.26. The Balaban J connectivity index is 2.73. The molecule has 0 aromatic heterocycles. The Bertz CT molecular complexity index is 417. The number of carbonyl (C=O) groups excluding carboxylic acids is 1. The SMILES string of the molecule is CSCCC(C)NC(=O)c1cc(N)c(Cl)c(Cl)c1. The molecule has 1 rings (SSSR count). The van der Waals surface area contributed by atoms with E-state index in [4.69, 9.17) is 28.9 Å². The summed E-state index contributed by atoms with van der Waals surface area (Å²) >= 11 is 13.5. The van der Waals surface area contributed by atoms with Crippen molar-refractivity contribution in [2.75, 3.05) is 17.7 Å². The molecular weight excluding hydrogens is 291 g/mol. The molecule has 0 heterocycles. The van der Waals surface area contributed by atoms with Crippen molar-refractivity contribution in [2.24, 2.45) is 0 Å². The van der Waals surface area contributed by atoms with Crippen LogP contribution in [0.5, 0.6) is 0 Å². The average molecular weight is 307 g/mol. The first-order valence-electron chi connectivity index (χ1n) is 5.50. The number of rotatable bonds is 5. The van der Waals surface area contributed by atoms with Gasteiger partial charge in [0, 0.05) is 11.6 Å². The van der Waals surface area contributed by atoms with E-state index in [1.54, 1.807) is 11.8 Å². The Hall–Kier alpha value is -0.580. The number of thioether (sulfide) groups is 1. The molecule has 18 heavy (non-hydrogen) atoms. The lowest BCUT2D eigenvalue weighted by Gasteiger charge is -2.14. The summed E-state index contributed by atoms with van der Waals surface area (Å²) in [6, 6.07) is 3.17. The third-order valence-corrected chi connectivity index (χ3v) is 3.91. The molecule has 0 bridgehead atoms. The minimum absolute atomic E-state index is 0.112. The molecule has 1 aromatic rings. The molecule has 0 aliphatic rings. The van der Waals surface area contributed by atoms with E-state index >= 15 is 0 Å². The molecule has 0 fully saturated rings. The fraction of sp³-hybridized carbons (Fsp3) is 0.417. The van der Waals surface area contributed by atoms with Gasteiger partial charge in [-0.3, -0.25) is 4.79 Å². The second-order valence-electron chi connectivity index (χ2n) is 4.02. The molecule has 0 aliphatic heterocycles. The summed E-state index contributed by atoms with van der Waals surface area (Å²) in [6.45, 7) is 1.97. The molecule has 0 saturated heterocycles. The summed E-state index contributed by atoms with van der Waals surface area (Å²) in [7, 11) is 0. The normalized spacial score (nSPS) is 12.2. The van der Waals surface area contributed by atoms with Crippen molar-refractivity contribution in [3.8, 4) is 0 Å². The fourth-order valence-electron chi connectivity index (χ4n) is 1.42. The van der Waals surface area contributed by atoms with Crippen LogP contribution in [-0.2, 0) is 0 Å². The van der Waals surface area contributed by atoms with Gasteiger partial charge in [-0.2, -0.15) is 11.8 Å². The highest BCUT2D eigenvalue weighted by Gasteiger charge is 2.13. The number of benzene rings is 1. The summed E-state index contributed by atoms with van der Waals surface area (Å²) in [5.41, 5.74) is 6.41. The van der Waals surface area contributed by atoms with Crippen LogP contribution >= 0.6 is 35.0 Å². The lowest BCUT2D eigenvalue weighted by Crippen LogP contribution is -2.33. The van der Waals surface area contributed by atoms with E-state index < -0.39 is 0 Å². The van der Waals surface area contributed by atoms with Gasteiger partial charge in [-0.25, -0.2) is 0 Å². The van der Waals surface area contributed by atoms with E-state index in [1.807, 2.05) is 13.2 Å². The third-order valence-electron chi connectivity index (χ3n) is 2.45. The van der Waals surface area contributed by atoms with Gasteiger partial charge in [-0.1, -0.05) is 23.2 Å². The molecular formula is C12H16Cl2N2OS. The van der Waals surface area contributed by atoms with Gasteiger partial charge in [-0.05, 0) is 37.5 Å². The van der Waals surface area contributed by atoms with Crippen molar-refractivity contribution >= 4 is 46.6 Å². The number of nitrogens with two attached hydrogens (primary N) is 1. The topological polar surface area (TPSA) is 55.1 Å². The van der Waals surface area contributed by atoms with Crippen LogP contribution in [0.2, 0.25) is 10.0 Å². The Morgan fingerprint density at radius 1 is 1.50 bits per heavy atom. The molecule has 1 unspecified atom stereocenters. The number of carbonyl (C=O) groups is 1. The molecule has 0 aliphatic carbocycles. The van der Waals surface area contributed by atoms with Gasteiger partial charge in [0.15, 0.2) is 0 Å². The predicted octanol–water partition coefficient (Wildman–Crippen LogP) is 3.45. The maximum Gasteiger partial charge on any atom is 0.251 e. The molecule has 3 N–H and O–H groups in total. The van der Waals surface area contributed by atoms with Gasteiger partial charge >= 0.3 is 0 Å². The molecule has 0 saturated carbocycles. The van der Waals surface area contributed by atoms with Gasteiger partial charge < -0.3 is 11.1 Å². The minimum Gasteiger partial charge on any atom is -0.397 e. The first-order valence-corrected chi connectivity index (χ1v) is 7.65. The molecule has 0 spiro atoms. The maximum absolute atomic E-state index is 12.0. The van der Waals surface area contributed by atoms with E-state index in [1.165, 1.54) is 12.1 Å². The van der Waals surface area contributed by atoms with E-state index in [0.29, 0.717) is 16.3 Å². The summed E-state index contributed by atoms with van der Waals surface area (Å²) in [5.74, 6) is 0.819.